The predicted octanol–water partition coefficient (Wildman–Crippen LogP) is 0.776. The third-order valence-electron chi connectivity index (χ3n) is 2.87. The van der Waals surface area contributed by atoms with Crippen molar-refractivity contribution in [2.24, 2.45) is 0 Å². The van der Waals surface area contributed by atoms with E-state index >= 15 is 0 Å². The van der Waals surface area contributed by atoms with Gasteiger partial charge in [0.05, 0.1) is 18.8 Å². The highest BCUT2D eigenvalue weighted by atomic mass is 16.5. The lowest BCUT2D eigenvalue weighted by molar-refractivity contribution is -0.159. The van der Waals surface area contributed by atoms with Crippen molar-refractivity contribution in [2.45, 2.75) is 39.0 Å². The maximum atomic E-state index is 10.2. The highest BCUT2D eigenvalue weighted by molar-refractivity contribution is 6.27. The van der Waals surface area contributed by atoms with Crippen LogP contribution in [0.1, 0.15) is 25.8 Å². The highest BCUT2D eigenvalue weighted by Gasteiger charge is 2.15. The lowest BCUT2D eigenvalue weighted by Crippen LogP contribution is -2.46. The number of amides is 1. The SMILES string of the molecule is CC[C@@H](NNC=O)[C@H](C)OCc1ccccc1.O=C(O)C(=O)O. The zero-order chi connectivity index (χ0) is 17.7. The summed E-state index contributed by atoms with van der Waals surface area (Å²) < 4.78 is 5.76. The molecule has 0 aliphatic heterocycles. The Bertz CT molecular complexity index is 468. The Hall–Kier alpha value is -2.45. The second-order valence-corrected chi connectivity index (χ2v) is 4.53. The Balaban J connectivity index is 0.000000688. The van der Waals surface area contributed by atoms with E-state index in [2.05, 4.69) is 10.9 Å². The van der Waals surface area contributed by atoms with E-state index in [4.69, 9.17) is 24.5 Å². The quantitative estimate of drug-likeness (QED) is 0.316. The topological polar surface area (TPSA) is 125 Å². The average Bonchev–Trinajstić information content (AvgIpc) is 2.55. The van der Waals surface area contributed by atoms with E-state index in [1.165, 1.54) is 0 Å². The van der Waals surface area contributed by atoms with Crippen molar-refractivity contribution in [3.63, 3.8) is 0 Å². The molecule has 0 fully saturated rings. The molecule has 0 heterocycles. The number of hydrogen-bond donors (Lipinski definition) is 4. The van der Waals surface area contributed by atoms with Crippen LogP contribution in [0.25, 0.3) is 0 Å². The number of carboxylic acids is 2. The molecule has 23 heavy (non-hydrogen) atoms. The summed E-state index contributed by atoms with van der Waals surface area (Å²) in [6, 6.07) is 10.1. The zero-order valence-electron chi connectivity index (χ0n) is 13.1. The summed E-state index contributed by atoms with van der Waals surface area (Å²) in [5.74, 6) is -3.65. The van der Waals surface area contributed by atoms with Gasteiger partial charge in [0.2, 0.25) is 6.41 Å². The van der Waals surface area contributed by atoms with Crippen molar-refractivity contribution in [3.05, 3.63) is 35.9 Å². The molecule has 0 spiro atoms. The number of carbonyl (C=O) groups excluding carboxylic acids is 1. The summed E-state index contributed by atoms with van der Waals surface area (Å²) >= 11 is 0. The van der Waals surface area contributed by atoms with E-state index in [0.717, 1.165) is 12.0 Å². The molecule has 0 aliphatic carbocycles. The number of carbonyl (C=O) groups is 3. The number of aliphatic carboxylic acids is 2. The fourth-order valence-electron chi connectivity index (χ4n) is 1.61. The van der Waals surface area contributed by atoms with Gasteiger partial charge in [-0.1, -0.05) is 37.3 Å². The Labute approximate surface area is 134 Å². The van der Waals surface area contributed by atoms with E-state index in [0.29, 0.717) is 13.0 Å². The molecule has 0 aliphatic rings. The molecule has 1 aromatic carbocycles. The zero-order valence-corrected chi connectivity index (χ0v) is 13.1. The number of rotatable bonds is 8. The number of benzene rings is 1. The Kier molecular flexibility index (Phi) is 10.8. The van der Waals surface area contributed by atoms with Gasteiger partial charge >= 0.3 is 11.9 Å². The first kappa shape index (κ1) is 20.6. The van der Waals surface area contributed by atoms with Crippen LogP contribution in [0.3, 0.4) is 0 Å². The Morgan fingerprint density at radius 2 is 1.78 bits per heavy atom. The predicted molar refractivity (Wildman–Crippen MR) is 82.4 cm³/mol. The minimum absolute atomic E-state index is 0.0349. The van der Waals surface area contributed by atoms with Gasteiger partial charge in [-0.3, -0.25) is 10.2 Å². The molecule has 8 nitrogen and oxygen atoms in total. The van der Waals surface area contributed by atoms with Crippen LogP contribution in [0, 0.1) is 0 Å². The first-order valence-corrected chi connectivity index (χ1v) is 6.98. The third kappa shape index (κ3) is 9.99. The fourth-order valence-corrected chi connectivity index (χ4v) is 1.61. The maximum Gasteiger partial charge on any atom is 0.414 e. The fraction of sp³-hybridized carbons (Fsp3) is 0.400. The molecule has 0 unspecified atom stereocenters. The van der Waals surface area contributed by atoms with Crippen molar-refractivity contribution in [1.82, 2.24) is 10.9 Å². The molecule has 1 amide bonds. The van der Waals surface area contributed by atoms with Crippen LogP contribution in [0.5, 0.6) is 0 Å². The van der Waals surface area contributed by atoms with E-state index in [1.54, 1.807) is 0 Å². The van der Waals surface area contributed by atoms with E-state index in [-0.39, 0.29) is 12.1 Å². The van der Waals surface area contributed by atoms with Gasteiger partial charge in [-0.15, -0.1) is 0 Å². The summed E-state index contributed by atoms with van der Waals surface area (Å²) in [6.07, 6.45) is 1.55. The molecule has 2 atom stereocenters. The van der Waals surface area contributed by atoms with Crippen LogP contribution in [0.4, 0.5) is 0 Å². The summed E-state index contributed by atoms with van der Waals surface area (Å²) in [4.78, 5) is 28.4. The lowest BCUT2D eigenvalue weighted by atomic mass is 10.1. The summed E-state index contributed by atoms with van der Waals surface area (Å²) in [7, 11) is 0. The highest BCUT2D eigenvalue weighted by Crippen LogP contribution is 2.07. The molecule has 1 rings (SSSR count). The van der Waals surface area contributed by atoms with E-state index < -0.39 is 11.9 Å². The monoisotopic (exact) mass is 326 g/mol. The Morgan fingerprint density at radius 3 is 2.22 bits per heavy atom. The van der Waals surface area contributed by atoms with Gasteiger partial charge in [-0.25, -0.2) is 15.0 Å². The molecular formula is C15H22N2O6. The second-order valence-electron chi connectivity index (χ2n) is 4.53. The molecule has 0 bridgehead atoms. The van der Waals surface area contributed by atoms with Crippen molar-refractivity contribution in [2.75, 3.05) is 0 Å². The summed E-state index contributed by atoms with van der Waals surface area (Å²) in [5.41, 5.74) is 6.53. The van der Waals surface area contributed by atoms with E-state index in [1.807, 2.05) is 44.2 Å². The van der Waals surface area contributed by atoms with Gasteiger partial charge in [0.15, 0.2) is 0 Å². The van der Waals surface area contributed by atoms with Crippen LogP contribution in [-0.2, 0) is 25.7 Å². The van der Waals surface area contributed by atoms with Crippen LogP contribution < -0.4 is 10.9 Å². The maximum absolute atomic E-state index is 10.2. The summed E-state index contributed by atoms with van der Waals surface area (Å²) in [6.45, 7) is 4.63. The molecule has 0 aromatic heterocycles. The number of hydrazine groups is 1. The minimum atomic E-state index is -1.82. The van der Waals surface area contributed by atoms with Gasteiger partial charge in [-0.05, 0) is 18.9 Å². The van der Waals surface area contributed by atoms with Gasteiger partial charge in [-0.2, -0.15) is 0 Å². The van der Waals surface area contributed by atoms with Crippen LogP contribution in [0.15, 0.2) is 30.3 Å². The number of ether oxygens (including phenoxy) is 1. The summed E-state index contributed by atoms with van der Waals surface area (Å²) in [5, 5.41) is 14.8. The molecule has 0 saturated heterocycles. The van der Waals surface area contributed by atoms with Crippen LogP contribution in [0.2, 0.25) is 0 Å². The van der Waals surface area contributed by atoms with Gasteiger partial charge < -0.3 is 14.9 Å². The van der Waals surface area contributed by atoms with Crippen LogP contribution in [-0.4, -0.2) is 40.7 Å². The number of nitrogens with one attached hydrogen (secondary N) is 2. The molecule has 0 saturated carbocycles. The van der Waals surface area contributed by atoms with Gasteiger partial charge in [0, 0.05) is 0 Å². The van der Waals surface area contributed by atoms with Gasteiger partial charge in [0.25, 0.3) is 0 Å². The normalized spacial score (nSPS) is 12.3. The van der Waals surface area contributed by atoms with Crippen molar-refractivity contribution >= 4 is 18.3 Å². The van der Waals surface area contributed by atoms with Crippen molar-refractivity contribution < 1.29 is 29.3 Å². The Morgan fingerprint density at radius 1 is 1.22 bits per heavy atom. The van der Waals surface area contributed by atoms with Crippen molar-refractivity contribution in [3.8, 4) is 0 Å². The number of carboxylic acid groups (broad SMARTS) is 2. The largest absolute Gasteiger partial charge is 0.473 e. The standard InChI is InChI=1S/C13H20N2O2.C2H2O4/c1-3-13(15-14-10-16)11(2)17-9-12-7-5-4-6-8-12;3-1(4)2(5)6/h4-8,10-11,13,15H,3,9H2,1-2H3,(H,14,16);(H,3,4)(H,5,6)/t11-,13+;/m0./s1. The first-order valence-electron chi connectivity index (χ1n) is 6.98. The molecule has 0 radical (unpaired) electrons. The molecular weight excluding hydrogens is 304 g/mol. The molecule has 4 N–H and O–H groups in total. The molecule has 128 valence electrons. The smallest absolute Gasteiger partial charge is 0.414 e. The third-order valence-corrected chi connectivity index (χ3v) is 2.87. The first-order chi connectivity index (χ1) is 10.9. The number of hydrogen-bond acceptors (Lipinski definition) is 5. The van der Waals surface area contributed by atoms with E-state index in [9.17, 15) is 4.79 Å². The lowest BCUT2D eigenvalue weighted by Gasteiger charge is -2.23. The second kappa shape index (κ2) is 12.1. The van der Waals surface area contributed by atoms with Crippen LogP contribution >= 0.6 is 0 Å². The molecule has 8 heteroatoms. The van der Waals surface area contributed by atoms with Gasteiger partial charge in [0.1, 0.15) is 0 Å². The van der Waals surface area contributed by atoms with Crippen molar-refractivity contribution in [1.29, 1.82) is 0 Å². The average molecular weight is 326 g/mol. The molecule has 1 aromatic rings. The minimum Gasteiger partial charge on any atom is -0.473 e.